The van der Waals surface area contributed by atoms with Crippen LogP contribution in [0.2, 0.25) is 0 Å². The van der Waals surface area contributed by atoms with E-state index in [0.29, 0.717) is 32.7 Å². The molecule has 2 aliphatic heterocycles. The van der Waals surface area contributed by atoms with E-state index in [-0.39, 0.29) is 17.4 Å². The van der Waals surface area contributed by atoms with Crippen LogP contribution in [-0.4, -0.2) is 49.5 Å². The lowest BCUT2D eigenvalue weighted by Crippen LogP contribution is -2.48. The van der Waals surface area contributed by atoms with E-state index < -0.39 is 6.10 Å². The van der Waals surface area contributed by atoms with Crippen LogP contribution in [0.4, 0.5) is 0 Å². The van der Waals surface area contributed by atoms with Crippen LogP contribution in [-0.2, 0) is 14.9 Å². The van der Waals surface area contributed by atoms with Gasteiger partial charge in [-0.3, -0.25) is 4.79 Å². The second-order valence-electron chi connectivity index (χ2n) is 6.47. The molecule has 1 aromatic rings. The van der Waals surface area contributed by atoms with Crippen molar-refractivity contribution in [3.8, 4) is 0 Å². The molecule has 1 aromatic carbocycles. The van der Waals surface area contributed by atoms with E-state index in [0.717, 1.165) is 17.3 Å². The highest BCUT2D eigenvalue weighted by atomic mass is 79.9. The van der Waals surface area contributed by atoms with Gasteiger partial charge in [-0.2, -0.15) is 0 Å². The number of β-amino-alcohol motifs (C(OH)–C–C–N with tert-alkyl or cyclic N) is 1. The highest BCUT2D eigenvalue weighted by molar-refractivity contribution is 9.10. The molecule has 5 nitrogen and oxygen atoms in total. The first kappa shape index (κ1) is 16.9. The summed E-state index contributed by atoms with van der Waals surface area (Å²) < 4.78 is 6.58. The molecule has 3 N–H and O–H groups in total. The van der Waals surface area contributed by atoms with E-state index in [2.05, 4.69) is 38.7 Å². The minimum atomic E-state index is -0.423. The van der Waals surface area contributed by atoms with Crippen molar-refractivity contribution in [3.63, 3.8) is 0 Å². The normalized spacial score (nSPS) is 26.9. The number of carbonyl (C=O) groups excluding carboxylic acids is 1. The molecule has 0 bridgehead atoms. The number of carbonyl (C=O) groups is 1. The van der Waals surface area contributed by atoms with Crippen LogP contribution >= 0.6 is 15.9 Å². The molecule has 2 atom stereocenters. The highest BCUT2D eigenvalue weighted by Crippen LogP contribution is 2.35. The van der Waals surface area contributed by atoms with Crippen molar-refractivity contribution in [2.75, 3.05) is 26.3 Å². The molecule has 0 saturated carbocycles. The molecule has 0 aromatic heterocycles. The van der Waals surface area contributed by atoms with Crippen molar-refractivity contribution in [1.82, 2.24) is 10.6 Å². The smallest absolute Gasteiger partial charge is 0.237 e. The summed E-state index contributed by atoms with van der Waals surface area (Å²) >= 11 is 3.54. The molecule has 3 rings (SSSR count). The monoisotopic (exact) mass is 382 g/mol. The number of aliphatic hydroxyl groups is 1. The lowest BCUT2D eigenvalue weighted by molar-refractivity contribution is -0.123. The van der Waals surface area contributed by atoms with Gasteiger partial charge in [-0.1, -0.05) is 28.1 Å². The zero-order chi connectivity index (χ0) is 16.3. The predicted octanol–water partition coefficient (Wildman–Crippen LogP) is 1.34. The van der Waals surface area contributed by atoms with Crippen LogP contribution in [0.15, 0.2) is 28.7 Å². The number of aliphatic hydroxyl groups excluding tert-OH is 1. The molecule has 2 heterocycles. The van der Waals surface area contributed by atoms with Gasteiger partial charge in [0.15, 0.2) is 0 Å². The van der Waals surface area contributed by atoms with E-state index in [1.807, 2.05) is 12.1 Å². The van der Waals surface area contributed by atoms with Crippen LogP contribution in [0.3, 0.4) is 0 Å². The molecule has 2 aliphatic rings. The SMILES string of the molecule is O=C(NCC1(c2cccc(Br)c2)CCOCC1)[C@H]1C[C@H](O)CN1. The third-order valence-corrected chi connectivity index (χ3v) is 5.41. The molecule has 6 heteroatoms. The molecule has 0 aliphatic carbocycles. The Labute approximate surface area is 144 Å². The predicted molar refractivity (Wildman–Crippen MR) is 91.3 cm³/mol. The van der Waals surface area contributed by atoms with Crippen molar-refractivity contribution in [2.45, 2.75) is 36.8 Å². The van der Waals surface area contributed by atoms with Crippen molar-refractivity contribution in [2.24, 2.45) is 0 Å². The van der Waals surface area contributed by atoms with E-state index in [1.54, 1.807) is 0 Å². The average Bonchev–Trinajstić information content (AvgIpc) is 3.00. The summed E-state index contributed by atoms with van der Waals surface area (Å²) in [7, 11) is 0. The number of benzene rings is 1. The Kier molecular flexibility index (Phi) is 5.36. The Morgan fingerprint density at radius 3 is 2.87 bits per heavy atom. The highest BCUT2D eigenvalue weighted by Gasteiger charge is 2.36. The molecule has 0 unspecified atom stereocenters. The average molecular weight is 383 g/mol. The zero-order valence-electron chi connectivity index (χ0n) is 13.1. The van der Waals surface area contributed by atoms with Gasteiger partial charge < -0.3 is 20.5 Å². The summed E-state index contributed by atoms with van der Waals surface area (Å²) in [4.78, 5) is 12.3. The molecular weight excluding hydrogens is 360 g/mol. The first-order valence-electron chi connectivity index (χ1n) is 8.12. The van der Waals surface area contributed by atoms with E-state index in [1.165, 1.54) is 5.56 Å². The summed E-state index contributed by atoms with van der Waals surface area (Å²) in [5.41, 5.74) is 1.14. The van der Waals surface area contributed by atoms with Crippen molar-refractivity contribution in [1.29, 1.82) is 0 Å². The fourth-order valence-electron chi connectivity index (χ4n) is 3.44. The van der Waals surface area contributed by atoms with E-state index in [4.69, 9.17) is 4.74 Å². The Morgan fingerprint density at radius 1 is 1.43 bits per heavy atom. The van der Waals surface area contributed by atoms with Gasteiger partial charge in [0.1, 0.15) is 0 Å². The van der Waals surface area contributed by atoms with Gasteiger partial charge in [0, 0.05) is 36.2 Å². The van der Waals surface area contributed by atoms with Gasteiger partial charge >= 0.3 is 0 Å². The fraction of sp³-hybridized carbons (Fsp3) is 0.588. The van der Waals surface area contributed by atoms with Crippen LogP contribution in [0, 0.1) is 0 Å². The topological polar surface area (TPSA) is 70.6 Å². The number of ether oxygens (including phenoxy) is 1. The van der Waals surface area contributed by atoms with E-state index in [9.17, 15) is 9.90 Å². The quantitative estimate of drug-likeness (QED) is 0.734. The fourth-order valence-corrected chi connectivity index (χ4v) is 3.84. The number of hydrogen-bond acceptors (Lipinski definition) is 4. The molecule has 0 spiro atoms. The molecular formula is C17H23BrN2O3. The number of amides is 1. The summed E-state index contributed by atoms with van der Waals surface area (Å²) in [6.07, 6.45) is 1.85. The maximum Gasteiger partial charge on any atom is 0.237 e. The molecule has 2 fully saturated rings. The van der Waals surface area contributed by atoms with Gasteiger partial charge in [0.25, 0.3) is 0 Å². The molecule has 126 valence electrons. The Morgan fingerprint density at radius 2 is 2.22 bits per heavy atom. The Balaban J connectivity index is 1.71. The van der Waals surface area contributed by atoms with Gasteiger partial charge in [-0.15, -0.1) is 0 Å². The van der Waals surface area contributed by atoms with Gasteiger partial charge in [0.2, 0.25) is 5.91 Å². The summed E-state index contributed by atoms with van der Waals surface area (Å²) in [6, 6.07) is 8.02. The molecule has 1 amide bonds. The zero-order valence-corrected chi connectivity index (χ0v) is 14.6. The number of nitrogens with one attached hydrogen (secondary N) is 2. The third-order valence-electron chi connectivity index (χ3n) is 4.91. The first-order valence-corrected chi connectivity index (χ1v) is 8.91. The standard InChI is InChI=1S/C17H23BrN2O3/c18-13-3-1-2-12(8-13)17(4-6-23-7-5-17)11-20-16(22)15-9-14(21)10-19-15/h1-3,8,14-15,19,21H,4-7,9-11H2,(H,20,22)/t14-,15+/m0/s1. The molecule has 0 radical (unpaired) electrons. The minimum Gasteiger partial charge on any atom is -0.392 e. The second-order valence-corrected chi connectivity index (χ2v) is 7.39. The molecule has 23 heavy (non-hydrogen) atoms. The van der Waals surface area contributed by atoms with Crippen LogP contribution < -0.4 is 10.6 Å². The summed E-state index contributed by atoms with van der Waals surface area (Å²) in [6.45, 7) is 2.51. The van der Waals surface area contributed by atoms with E-state index >= 15 is 0 Å². The minimum absolute atomic E-state index is 0.0255. The number of halogens is 1. The van der Waals surface area contributed by atoms with Crippen molar-refractivity contribution in [3.05, 3.63) is 34.3 Å². The van der Waals surface area contributed by atoms with Crippen LogP contribution in [0.25, 0.3) is 0 Å². The Bertz CT molecular complexity index is 561. The number of hydrogen-bond donors (Lipinski definition) is 3. The number of rotatable bonds is 4. The molecule has 2 saturated heterocycles. The lowest BCUT2D eigenvalue weighted by Gasteiger charge is -2.38. The van der Waals surface area contributed by atoms with Gasteiger partial charge in [-0.25, -0.2) is 0 Å². The van der Waals surface area contributed by atoms with Gasteiger partial charge in [-0.05, 0) is 37.0 Å². The lowest BCUT2D eigenvalue weighted by atomic mass is 9.74. The van der Waals surface area contributed by atoms with Crippen molar-refractivity contribution < 1.29 is 14.6 Å². The first-order chi connectivity index (χ1) is 11.1. The van der Waals surface area contributed by atoms with Gasteiger partial charge in [0.05, 0.1) is 12.1 Å². The third kappa shape index (κ3) is 3.94. The van der Waals surface area contributed by atoms with Crippen LogP contribution in [0.5, 0.6) is 0 Å². The van der Waals surface area contributed by atoms with Crippen molar-refractivity contribution >= 4 is 21.8 Å². The largest absolute Gasteiger partial charge is 0.392 e. The Hall–Kier alpha value is -0.950. The summed E-state index contributed by atoms with van der Waals surface area (Å²) in [5, 5.41) is 15.7. The summed E-state index contributed by atoms with van der Waals surface area (Å²) in [5.74, 6) is -0.0255. The van der Waals surface area contributed by atoms with Crippen LogP contribution in [0.1, 0.15) is 24.8 Å². The maximum absolute atomic E-state index is 12.3. The maximum atomic E-state index is 12.3. The second kappa shape index (κ2) is 7.30.